The van der Waals surface area contributed by atoms with E-state index >= 15 is 0 Å². The lowest BCUT2D eigenvalue weighted by Crippen LogP contribution is -2.44. The lowest BCUT2D eigenvalue weighted by atomic mass is 10.2. The maximum atomic E-state index is 12.0. The predicted octanol–water partition coefficient (Wildman–Crippen LogP) is -0.0973. The van der Waals surface area contributed by atoms with Crippen LogP contribution in [0, 0.1) is 10.1 Å². The molecule has 23 heavy (non-hydrogen) atoms. The number of carbonyl (C=O) groups is 1. The number of amides is 1. The van der Waals surface area contributed by atoms with Crippen molar-refractivity contribution in [2.75, 3.05) is 6.54 Å². The molecule has 1 aromatic carbocycles. The maximum absolute atomic E-state index is 12.0. The van der Waals surface area contributed by atoms with Gasteiger partial charge in [-0.15, -0.1) is 0 Å². The van der Waals surface area contributed by atoms with Crippen LogP contribution in [0.5, 0.6) is 0 Å². The van der Waals surface area contributed by atoms with E-state index in [0.29, 0.717) is 12.8 Å². The van der Waals surface area contributed by atoms with Gasteiger partial charge in [0.05, 0.1) is 28.5 Å². The molecule has 126 valence electrons. The van der Waals surface area contributed by atoms with Gasteiger partial charge in [-0.3, -0.25) is 14.9 Å². The van der Waals surface area contributed by atoms with Crippen molar-refractivity contribution in [3.05, 3.63) is 34.4 Å². The van der Waals surface area contributed by atoms with Gasteiger partial charge in [-0.25, -0.2) is 13.1 Å². The molecule has 0 spiro atoms. The average Bonchev–Trinajstić information content (AvgIpc) is 2.90. The molecule has 1 aromatic rings. The molecule has 0 bridgehead atoms. The van der Waals surface area contributed by atoms with Crippen molar-refractivity contribution in [1.82, 2.24) is 10.0 Å². The maximum Gasteiger partial charge on any atom is 0.269 e. The third-order valence-corrected chi connectivity index (χ3v) is 5.02. The molecule has 2 atom stereocenters. The van der Waals surface area contributed by atoms with Crippen molar-refractivity contribution in [3.8, 4) is 0 Å². The van der Waals surface area contributed by atoms with E-state index < -0.39 is 33.5 Å². The van der Waals surface area contributed by atoms with E-state index in [2.05, 4.69) is 10.0 Å². The Labute approximate surface area is 132 Å². The van der Waals surface area contributed by atoms with Crippen LogP contribution in [0.1, 0.15) is 19.3 Å². The van der Waals surface area contributed by atoms with E-state index in [9.17, 15) is 28.4 Å². The number of hydrogen-bond donors (Lipinski definition) is 3. The van der Waals surface area contributed by atoms with Crippen LogP contribution in [0.4, 0.5) is 5.69 Å². The zero-order valence-electron chi connectivity index (χ0n) is 12.1. The number of aliphatic hydroxyl groups excluding tert-OH is 1. The number of sulfonamides is 1. The Morgan fingerprint density at radius 1 is 1.30 bits per heavy atom. The van der Waals surface area contributed by atoms with E-state index in [1.54, 1.807) is 0 Å². The first-order valence-electron chi connectivity index (χ1n) is 7.01. The standard InChI is InChI=1S/C13H17N3O6S/c17-12-3-1-2-11(12)15-13(18)8-14-23(21,22)10-6-4-9(5-7-10)16(19)20/h4-7,11-12,14,17H,1-3,8H2,(H,15,18)/t11-,12+/m1/s1. The number of nitro groups is 1. The molecule has 0 aliphatic heterocycles. The van der Waals surface area contributed by atoms with Gasteiger partial charge in [0.15, 0.2) is 0 Å². The van der Waals surface area contributed by atoms with Crippen LogP contribution < -0.4 is 10.0 Å². The van der Waals surface area contributed by atoms with Crippen LogP contribution in [0.3, 0.4) is 0 Å². The highest BCUT2D eigenvalue weighted by Gasteiger charge is 2.27. The second kappa shape index (κ2) is 7.02. The summed E-state index contributed by atoms with van der Waals surface area (Å²) in [5, 5.41) is 22.7. The number of nitro benzene ring substituents is 1. The third-order valence-electron chi connectivity index (χ3n) is 3.61. The summed E-state index contributed by atoms with van der Waals surface area (Å²) in [7, 11) is -3.94. The van der Waals surface area contributed by atoms with E-state index in [1.807, 2.05) is 0 Å². The summed E-state index contributed by atoms with van der Waals surface area (Å²) in [6.45, 7) is -0.470. The van der Waals surface area contributed by atoms with Gasteiger partial charge >= 0.3 is 0 Å². The fourth-order valence-corrected chi connectivity index (χ4v) is 3.34. The Morgan fingerprint density at radius 2 is 1.96 bits per heavy atom. The number of rotatable bonds is 6. The van der Waals surface area contributed by atoms with Crippen LogP contribution in [-0.2, 0) is 14.8 Å². The molecule has 1 aliphatic rings. The van der Waals surface area contributed by atoms with Gasteiger partial charge in [0.1, 0.15) is 0 Å². The highest BCUT2D eigenvalue weighted by Crippen LogP contribution is 2.18. The molecule has 0 heterocycles. The number of aliphatic hydroxyl groups is 1. The fraction of sp³-hybridized carbons (Fsp3) is 0.462. The first kappa shape index (κ1) is 17.3. The van der Waals surface area contributed by atoms with Gasteiger partial charge < -0.3 is 10.4 Å². The Morgan fingerprint density at radius 3 is 2.48 bits per heavy atom. The van der Waals surface area contributed by atoms with Crippen LogP contribution >= 0.6 is 0 Å². The molecule has 2 rings (SSSR count). The van der Waals surface area contributed by atoms with Crippen molar-refractivity contribution < 1.29 is 23.2 Å². The highest BCUT2D eigenvalue weighted by atomic mass is 32.2. The summed E-state index contributed by atoms with van der Waals surface area (Å²) in [4.78, 5) is 21.5. The Kier molecular flexibility index (Phi) is 5.29. The number of hydrogen-bond acceptors (Lipinski definition) is 6. The Balaban J connectivity index is 1.93. The molecule has 0 saturated heterocycles. The topological polar surface area (TPSA) is 139 Å². The minimum Gasteiger partial charge on any atom is -0.391 e. The molecule has 9 nitrogen and oxygen atoms in total. The molecule has 0 aromatic heterocycles. The van der Waals surface area contributed by atoms with Gasteiger partial charge in [0.2, 0.25) is 15.9 Å². The SMILES string of the molecule is O=C(CNS(=O)(=O)c1ccc([N+](=O)[O-])cc1)N[C@@H]1CCC[C@@H]1O. The molecule has 1 aliphatic carbocycles. The largest absolute Gasteiger partial charge is 0.391 e. The number of benzene rings is 1. The number of non-ortho nitro benzene ring substituents is 1. The average molecular weight is 343 g/mol. The van der Waals surface area contributed by atoms with Crippen molar-refractivity contribution in [1.29, 1.82) is 0 Å². The van der Waals surface area contributed by atoms with E-state index in [4.69, 9.17) is 0 Å². The summed E-state index contributed by atoms with van der Waals surface area (Å²) in [6, 6.07) is 3.98. The summed E-state index contributed by atoms with van der Waals surface area (Å²) >= 11 is 0. The third kappa shape index (κ3) is 4.47. The van der Waals surface area contributed by atoms with Crippen molar-refractivity contribution in [2.24, 2.45) is 0 Å². The summed E-state index contributed by atoms with van der Waals surface area (Å²) < 4.78 is 26.1. The molecule has 10 heteroatoms. The quantitative estimate of drug-likeness (QED) is 0.487. The molecule has 0 unspecified atom stereocenters. The normalized spacial score (nSPS) is 21.1. The van der Waals surface area contributed by atoms with Gasteiger partial charge in [-0.1, -0.05) is 0 Å². The molecule has 0 radical (unpaired) electrons. The van der Waals surface area contributed by atoms with Gasteiger partial charge in [-0.2, -0.15) is 0 Å². The second-order valence-corrected chi connectivity index (χ2v) is 7.01. The first-order chi connectivity index (χ1) is 10.8. The van der Waals surface area contributed by atoms with Crippen molar-refractivity contribution in [3.63, 3.8) is 0 Å². The second-order valence-electron chi connectivity index (χ2n) is 5.25. The summed E-state index contributed by atoms with van der Waals surface area (Å²) in [6.07, 6.45) is 1.47. The van der Waals surface area contributed by atoms with Gasteiger partial charge in [-0.05, 0) is 31.4 Å². The predicted molar refractivity (Wildman–Crippen MR) is 80.1 cm³/mol. The molecular weight excluding hydrogens is 326 g/mol. The first-order valence-corrected chi connectivity index (χ1v) is 8.49. The minimum atomic E-state index is -3.94. The van der Waals surface area contributed by atoms with E-state index in [0.717, 1.165) is 30.7 Å². The lowest BCUT2D eigenvalue weighted by Gasteiger charge is -2.16. The highest BCUT2D eigenvalue weighted by molar-refractivity contribution is 7.89. The van der Waals surface area contributed by atoms with Crippen LogP contribution in [0.15, 0.2) is 29.2 Å². The summed E-state index contributed by atoms with van der Waals surface area (Å²) in [5.74, 6) is -0.540. The smallest absolute Gasteiger partial charge is 0.269 e. The van der Waals surface area contributed by atoms with Crippen LogP contribution in [0.2, 0.25) is 0 Å². The number of carbonyl (C=O) groups excluding carboxylic acids is 1. The molecule has 1 fully saturated rings. The monoisotopic (exact) mass is 343 g/mol. The lowest BCUT2D eigenvalue weighted by molar-refractivity contribution is -0.384. The molecular formula is C13H17N3O6S. The van der Waals surface area contributed by atoms with Crippen molar-refractivity contribution >= 4 is 21.6 Å². The number of nitrogens with one attached hydrogen (secondary N) is 2. The number of nitrogens with zero attached hydrogens (tertiary/aromatic N) is 1. The Hall–Kier alpha value is -2.04. The summed E-state index contributed by atoms with van der Waals surface area (Å²) in [5.41, 5.74) is -0.225. The molecule has 3 N–H and O–H groups in total. The Bertz CT molecular complexity index is 688. The van der Waals surface area contributed by atoms with Gasteiger partial charge in [0.25, 0.3) is 5.69 Å². The van der Waals surface area contributed by atoms with Crippen LogP contribution in [0.25, 0.3) is 0 Å². The molecule has 1 amide bonds. The van der Waals surface area contributed by atoms with Crippen molar-refractivity contribution in [2.45, 2.75) is 36.3 Å². The zero-order chi connectivity index (χ0) is 17.0. The van der Waals surface area contributed by atoms with E-state index in [1.165, 1.54) is 0 Å². The zero-order valence-corrected chi connectivity index (χ0v) is 13.0. The van der Waals surface area contributed by atoms with Gasteiger partial charge in [0, 0.05) is 12.1 Å². The molecule has 1 saturated carbocycles. The fourth-order valence-electron chi connectivity index (χ4n) is 2.36. The minimum absolute atomic E-state index is 0.170. The van der Waals surface area contributed by atoms with Crippen LogP contribution in [-0.4, -0.2) is 43.0 Å². The van der Waals surface area contributed by atoms with E-state index in [-0.39, 0.29) is 16.6 Å².